The van der Waals surface area contributed by atoms with Gasteiger partial charge < -0.3 is 5.32 Å². The van der Waals surface area contributed by atoms with Crippen LogP contribution in [0.1, 0.15) is 5.56 Å². The van der Waals surface area contributed by atoms with Gasteiger partial charge in [0.1, 0.15) is 0 Å². The van der Waals surface area contributed by atoms with Crippen molar-refractivity contribution in [2.45, 2.75) is 11.4 Å². The zero-order valence-electron chi connectivity index (χ0n) is 11.2. The zero-order chi connectivity index (χ0) is 15.5. The first-order valence-electron chi connectivity index (χ1n) is 6.14. The highest BCUT2D eigenvalue weighted by Gasteiger charge is 2.19. The molecule has 4 nitrogen and oxygen atoms in total. The van der Waals surface area contributed by atoms with Crippen molar-refractivity contribution in [2.75, 3.05) is 11.8 Å². The quantitative estimate of drug-likeness (QED) is 0.821. The summed E-state index contributed by atoms with van der Waals surface area (Å²) in [5.41, 5.74) is 1.10. The number of benzene rings is 2. The van der Waals surface area contributed by atoms with Gasteiger partial charge in [-0.1, -0.05) is 29.8 Å². The molecule has 0 fully saturated rings. The minimum atomic E-state index is -3.68. The summed E-state index contributed by atoms with van der Waals surface area (Å²) in [6, 6.07) is 11.8. The van der Waals surface area contributed by atoms with Crippen molar-refractivity contribution in [3.05, 3.63) is 57.5 Å². The van der Waals surface area contributed by atoms with Gasteiger partial charge in [0.05, 0.1) is 10.6 Å². The predicted molar refractivity (Wildman–Crippen MR) is 89.2 cm³/mol. The van der Waals surface area contributed by atoms with Gasteiger partial charge in [-0.25, -0.2) is 8.42 Å². The second kappa shape index (κ2) is 6.79. The Hall–Kier alpha value is -1.08. The second-order valence-corrected chi connectivity index (χ2v) is 7.31. The van der Waals surface area contributed by atoms with Crippen LogP contribution in [0, 0.1) is 0 Å². The summed E-state index contributed by atoms with van der Waals surface area (Å²) >= 11 is 9.21. The Kier molecular flexibility index (Phi) is 5.27. The lowest BCUT2D eigenvalue weighted by atomic mass is 10.2. The molecule has 2 rings (SSSR count). The van der Waals surface area contributed by atoms with Gasteiger partial charge in [0, 0.05) is 16.0 Å². The third-order valence-electron chi connectivity index (χ3n) is 2.80. The minimum absolute atomic E-state index is 0.242. The summed E-state index contributed by atoms with van der Waals surface area (Å²) in [6.45, 7) is 0.466. The van der Waals surface area contributed by atoms with Crippen molar-refractivity contribution in [1.82, 2.24) is 5.32 Å². The molecule has 0 radical (unpaired) electrons. The van der Waals surface area contributed by atoms with E-state index in [0.717, 1.165) is 0 Å². The Morgan fingerprint density at radius 3 is 2.62 bits per heavy atom. The van der Waals surface area contributed by atoms with E-state index >= 15 is 0 Å². The topological polar surface area (TPSA) is 58.2 Å². The molecular weight excluding hydrogens is 376 g/mol. The Balaban J connectivity index is 2.41. The largest absolute Gasteiger partial charge is 0.316 e. The molecule has 0 aromatic heterocycles. The first-order chi connectivity index (χ1) is 9.94. The lowest BCUT2D eigenvalue weighted by molar-refractivity contribution is 0.599. The highest BCUT2D eigenvalue weighted by Crippen LogP contribution is 2.28. The van der Waals surface area contributed by atoms with Crippen LogP contribution in [0.15, 0.2) is 51.8 Å². The number of hydrogen-bond donors (Lipinski definition) is 2. The average molecular weight is 390 g/mol. The second-order valence-electron chi connectivity index (χ2n) is 4.37. The molecular formula is C14H14BrClN2O2S. The van der Waals surface area contributed by atoms with E-state index in [1.165, 1.54) is 0 Å². The normalized spacial score (nSPS) is 11.4. The fraction of sp³-hybridized carbons (Fsp3) is 0.143. The molecule has 0 aliphatic heterocycles. The molecule has 7 heteroatoms. The van der Waals surface area contributed by atoms with Crippen LogP contribution in [-0.2, 0) is 16.6 Å². The molecule has 2 N–H and O–H groups in total. The first kappa shape index (κ1) is 16.3. The van der Waals surface area contributed by atoms with Gasteiger partial charge in [-0.15, -0.1) is 0 Å². The highest BCUT2D eigenvalue weighted by molar-refractivity contribution is 9.10. The Morgan fingerprint density at radius 1 is 1.19 bits per heavy atom. The van der Waals surface area contributed by atoms with Gasteiger partial charge in [-0.05, 0) is 52.8 Å². The Morgan fingerprint density at radius 2 is 1.90 bits per heavy atom. The van der Waals surface area contributed by atoms with E-state index in [-0.39, 0.29) is 4.90 Å². The van der Waals surface area contributed by atoms with E-state index < -0.39 is 10.0 Å². The van der Waals surface area contributed by atoms with Gasteiger partial charge in [0.2, 0.25) is 0 Å². The molecule has 2 aromatic carbocycles. The fourth-order valence-corrected chi connectivity index (χ4v) is 3.84. The van der Waals surface area contributed by atoms with Crippen LogP contribution in [0.5, 0.6) is 0 Å². The minimum Gasteiger partial charge on any atom is -0.316 e. The van der Waals surface area contributed by atoms with Crippen LogP contribution in [0.2, 0.25) is 5.02 Å². The van der Waals surface area contributed by atoms with E-state index in [2.05, 4.69) is 26.0 Å². The van der Waals surface area contributed by atoms with Gasteiger partial charge in [0.15, 0.2) is 0 Å². The van der Waals surface area contributed by atoms with Crippen LogP contribution in [0.4, 0.5) is 5.69 Å². The maximum absolute atomic E-state index is 12.6. The molecule has 2 aromatic rings. The first-order valence-corrected chi connectivity index (χ1v) is 8.80. The van der Waals surface area contributed by atoms with Crippen LogP contribution in [-0.4, -0.2) is 15.5 Å². The Labute approximate surface area is 137 Å². The number of sulfonamides is 1. The molecule has 0 aliphatic rings. The average Bonchev–Trinajstić information content (AvgIpc) is 2.43. The van der Waals surface area contributed by atoms with Crippen LogP contribution >= 0.6 is 27.5 Å². The number of halogens is 2. The van der Waals surface area contributed by atoms with Crippen molar-refractivity contribution in [3.63, 3.8) is 0 Å². The smallest absolute Gasteiger partial charge is 0.262 e. The summed E-state index contributed by atoms with van der Waals surface area (Å²) < 4.78 is 28.3. The zero-order valence-corrected chi connectivity index (χ0v) is 14.4. The van der Waals surface area contributed by atoms with Crippen LogP contribution in [0.3, 0.4) is 0 Å². The van der Waals surface area contributed by atoms with E-state index in [1.54, 1.807) is 49.5 Å². The number of nitrogens with one attached hydrogen (secondary N) is 2. The maximum Gasteiger partial charge on any atom is 0.262 e. The van der Waals surface area contributed by atoms with Crippen molar-refractivity contribution in [3.8, 4) is 0 Å². The highest BCUT2D eigenvalue weighted by atomic mass is 79.9. The summed E-state index contributed by atoms with van der Waals surface area (Å²) in [6.07, 6.45) is 0. The Bertz CT molecular complexity index is 750. The SMILES string of the molecule is CNCc1ccccc1S(=O)(=O)Nc1cc(Cl)ccc1Br. The molecule has 0 aliphatic carbocycles. The van der Waals surface area contributed by atoms with Crippen LogP contribution in [0.25, 0.3) is 0 Å². The molecule has 0 spiro atoms. The standard InChI is InChI=1S/C14H14BrClN2O2S/c1-17-9-10-4-2-3-5-14(10)21(19,20)18-13-8-11(16)6-7-12(13)15/h2-8,17-18H,9H2,1H3. The van der Waals surface area contributed by atoms with Crippen LogP contribution < -0.4 is 10.0 Å². The summed E-state index contributed by atoms with van der Waals surface area (Å²) in [5.74, 6) is 0. The number of anilines is 1. The molecule has 112 valence electrons. The third-order valence-corrected chi connectivity index (χ3v) is 5.19. The maximum atomic E-state index is 12.6. The van der Waals surface area contributed by atoms with Gasteiger partial charge >= 0.3 is 0 Å². The molecule has 0 saturated carbocycles. The summed E-state index contributed by atoms with van der Waals surface area (Å²) in [7, 11) is -1.92. The lowest BCUT2D eigenvalue weighted by Crippen LogP contribution is -2.17. The molecule has 0 atom stereocenters. The third kappa shape index (κ3) is 3.97. The molecule has 0 bridgehead atoms. The van der Waals surface area contributed by atoms with E-state index in [1.807, 2.05) is 0 Å². The number of hydrogen-bond acceptors (Lipinski definition) is 3. The van der Waals surface area contributed by atoms with Gasteiger partial charge in [0.25, 0.3) is 10.0 Å². The molecule has 0 heterocycles. The summed E-state index contributed by atoms with van der Waals surface area (Å²) in [4.78, 5) is 0.242. The van der Waals surface area contributed by atoms with Crippen molar-refractivity contribution in [2.24, 2.45) is 0 Å². The fourth-order valence-electron chi connectivity index (χ4n) is 1.88. The lowest BCUT2D eigenvalue weighted by Gasteiger charge is -2.13. The monoisotopic (exact) mass is 388 g/mol. The van der Waals surface area contributed by atoms with Crippen molar-refractivity contribution < 1.29 is 8.42 Å². The molecule has 0 unspecified atom stereocenters. The molecule has 0 amide bonds. The van der Waals surface area contributed by atoms with E-state index in [0.29, 0.717) is 27.3 Å². The van der Waals surface area contributed by atoms with E-state index in [4.69, 9.17) is 11.6 Å². The predicted octanol–water partition coefficient (Wildman–Crippen LogP) is 3.62. The van der Waals surface area contributed by atoms with E-state index in [9.17, 15) is 8.42 Å². The summed E-state index contributed by atoms with van der Waals surface area (Å²) in [5, 5.41) is 3.42. The van der Waals surface area contributed by atoms with Gasteiger partial charge in [-0.2, -0.15) is 0 Å². The molecule has 0 saturated heterocycles. The van der Waals surface area contributed by atoms with Gasteiger partial charge in [-0.3, -0.25) is 4.72 Å². The van der Waals surface area contributed by atoms with Crippen molar-refractivity contribution >= 4 is 43.2 Å². The van der Waals surface area contributed by atoms with Crippen molar-refractivity contribution in [1.29, 1.82) is 0 Å². The molecule has 21 heavy (non-hydrogen) atoms. The number of rotatable bonds is 5.